The first-order chi connectivity index (χ1) is 31.1. The summed E-state index contributed by atoms with van der Waals surface area (Å²) >= 11 is 0. The molecular formula is C52H92N2O15. The van der Waals surface area contributed by atoms with Crippen LogP contribution in [0.15, 0.2) is 73.2 Å². The fourth-order valence-electron chi connectivity index (χ4n) is 6.33. The number of aliphatic hydroxyl groups excluding tert-OH is 8. The van der Waals surface area contributed by atoms with Gasteiger partial charge in [0, 0.05) is 0 Å². The van der Waals surface area contributed by atoms with Gasteiger partial charge in [-0.25, -0.2) is 0 Å². The molecule has 0 spiro atoms. The van der Waals surface area contributed by atoms with Gasteiger partial charge in [0.1, 0.15) is 76.9 Å². The molecule has 2 heterocycles. The number of nitrogens with two attached hydrogens (primary N) is 2. The highest BCUT2D eigenvalue weighted by molar-refractivity contribution is 5.30. The summed E-state index contributed by atoms with van der Waals surface area (Å²) in [7, 11) is 0. The highest BCUT2D eigenvalue weighted by atomic mass is 16.7. The molecule has 12 atom stereocenters. The second kappa shape index (κ2) is 29.2. The lowest BCUT2D eigenvalue weighted by molar-refractivity contribution is -0.302. The van der Waals surface area contributed by atoms with E-state index in [1.807, 2.05) is 145 Å². The average molecular weight is 985 g/mol. The molecule has 2 aliphatic heterocycles. The van der Waals surface area contributed by atoms with Crippen molar-refractivity contribution in [2.24, 2.45) is 11.5 Å². The van der Waals surface area contributed by atoms with Crippen LogP contribution in [0.4, 0.5) is 0 Å². The molecule has 2 unspecified atom stereocenters. The summed E-state index contributed by atoms with van der Waals surface area (Å²) in [6, 6.07) is 15.1. The summed E-state index contributed by atoms with van der Waals surface area (Å²) in [6.45, 7) is 34.8. The molecular weight excluding hydrogens is 893 g/mol. The minimum Gasteiger partial charge on any atom is -0.511 e. The Morgan fingerprint density at radius 3 is 1.38 bits per heavy atom. The Hall–Kier alpha value is -3.40. The van der Waals surface area contributed by atoms with Gasteiger partial charge >= 0.3 is 0 Å². The van der Waals surface area contributed by atoms with Gasteiger partial charge in [0.2, 0.25) is 0 Å². The summed E-state index contributed by atoms with van der Waals surface area (Å²) in [5.74, 6) is 2.35. The van der Waals surface area contributed by atoms with Crippen LogP contribution in [0.1, 0.15) is 122 Å². The first kappa shape index (κ1) is 65.6. The molecule has 2 fully saturated rings. The Morgan fingerprint density at radius 1 is 0.580 bits per heavy atom. The van der Waals surface area contributed by atoms with Crippen LogP contribution in [-0.4, -0.2) is 150 Å². The second-order valence-electron chi connectivity index (χ2n) is 20.8. The number of benzene rings is 2. The maximum atomic E-state index is 9.96. The molecule has 0 saturated carbocycles. The summed E-state index contributed by atoms with van der Waals surface area (Å²) < 4.78 is 37.8. The van der Waals surface area contributed by atoms with Gasteiger partial charge in [-0.05, 0) is 145 Å². The largest absolute Gasteiger partial charge is 0.511 e. The average Bonchev–Trinajstić information content (AvgIpc) is 3.21. The number of aliphatic hydroxyl groups is 8. The van der Waals surface area contributed by atoms with Gasteiger partial charge in [-0.1, -0.05) is 51.8 Å². The third-order valence-corrected chi connectivity index (χ3v) is 9.70. The van der Waals surface area contributed by atoms with E-state index in [0.717, 1.165) is 22.6 Å². The van der Waals surface area contributed by atoms with Crippen LogP contribution in [0, 0.1) is 0 Å². The minimum absolute atomic E-state index is 0. The number of rotatable bonds is 14. The standard InChI is InChI=1S/C16H25NO2.C14H21NO2.C11H22O5.C10H20O6.CH4/c1-6-18-12(2)15(17)11-13-7-9-14(10-8-13)19-16(3,4)5;1-10(16)13(15)9-11-5-7-12(8-6-11)17-14(2,3)4;1-5-6-7(12)9(16-11(2,3)4)8(13)10(14)15-6;1-10(2,3)15-4-5-6(11)7(12)8(13)9(14)16-5;/h7-10,15H,2,6,11,17H2,1,3-5H3;5-8,13,16H,1,9,15H2,2-4H3;6-10,12-14H,5H2,1-4H3;5-9,11-14H,4H2,1-3H3;1H4/t15-;13-;6-,7-,8-,9+,10?;5-,6-,7+,8-,9?;/m0011./s1. The quantitative estimate of drug-likeness (QED) is 0.107. The predicted octanol–water partition coefficient (Wildman–Crippen LogP) is 5.35. The molecule has 0 aromatic heterocycles. The highest BCUT2D eigenvalue weighted by Crippen LogP contribution is 2.28. The van der Waals surface area contributed by atoms with Gasteiger partial charge in [0.25, 0.3) is 0 Å². The van der Waals surface area contributed by atoms with Crippen molar-refractivity contribution in [1.29, 1.82) is 0 Å². The van der Waals surface area contributed by atoms with Crippen LogP contribution in [-0.2, 0) is 36.5 Å². The molecule has 2 aromatic carbocycles. The molecule has 0 bridgehead atoms. The van der Waals surface area contributed by atoms with E-state index in [1.165, 1.54) is 0 Å². The van der Waals surface area contributed by atoms with Crippen molar-refractivity contribution in [3.05, 3.63) is 84.3 Å². The lowest BCUT2D eigenvalue weighted by atomic mass is 9.96. The summed E-state index contributed by atoms with van der Waals surface area (Å²) in [5.41, 5.74) is 12.6. The highest BCUT2D eigenvalue weighted by Gasteiger charge is 2.46. The van der Waals surface area contributed by atoms with E-state index in [-0.39, 0.29) is 37.0 Å². The Labute approximate surface area is 413 Å². The van der Waals surface area contributed by atoms with Crippen molar-refractivity contribution >= 4 is 0 Å². The van der Waals surface area contributed by atoms with Crippen molar-refractivity contribution in [3.8, 4) is 11.5 Å². The molecule has 69 heavy (non-hydrogen) atoms. The van der Waals surface area contributed by atoms with Crippen molar-refractivity contribution < 1.29 is 74.0 Å². The Bertz CT molecular complexity index is 1740. The van der Waals surface area contributed by atoms with Gasteiger partial charge < -0.3 is 85.5 Å². The topological polar surface area (TPSA) is 278 Å². The predicted molar refractivity (Wildman–Crippen MR) is 269 cm³/mol. The van der Waals surface area contributed by atoms with Crippen molar-refractivity contribution in [2.45, 2.75) is 220 Å². The molecule has 4 rings (SSSR count). The molecule has 0 aliphatic carbocycles. The second-order valence-corrected chi connectivity index (χ2v) is 20.8. The fourth-order valence-corrected chi connectivity index (χ4v) is 6.33. The third-order valence-electron chi connectivity index (χ3n) is 9.70. The lowest BCUT2D eigenvalue weighted by Crippen LogP contribution is -2.59. The minimum atomic E-state index is -1.51. The molecule has 17 nitrogen and oxygen atoms in total. The van der Waals surface area contributed by atoms with E-state index in [1.54, 1.807) is 0 Å². The van der Waals surface area contributed by atoms with Crippen molar-refractivity contribution in [1.82, 2.24) is 0 Å². The Kier molecular flexibility index (Phi) is 27.8. The Balaban J connectivity index is 0.000000891. The van der Waals surface area contributed by atoms with Gasteiger partial charge in [0.15, 0.2) is 12.6 Å². The molecule has 0 radical (unpaired) electrons. The van der Waals surface area contributed by atoms with E-state index in [9.17, 15) is 35.7 Å². The van der Waals surface area contributed by atoms with Crippen LogP contribution in [0.2, 0.25) is 0 Å². The fraction of sp³-hybridized carbons (Fsp3) is 0.692. The van der Waals surface area contributed by atoms with Crippen LogP contribution >= 0.6 is 0 Å². The van der Waals surface area contributed by atoms with Gasteiger partial charge in [-0.2, -0.15) is 0 Å². The summed E-state index contributed by atoms with van der Waals surface area (Å²) in [4.78, 5) is 0. The molecule has 12 N–H and O–H groups in total. The maximum absolute atomic E-state index is 9.96. The van der Waals surface area contributed by atoms with E-state index in [2.05, 4.69) is 13.2 Å². The number of hydrogen-bond acceptors (Lipinski definition) is 17. The summed E-state index contributed by atoms with van der Waals surface area (Å²) in [6.07, 6.45) is -9.52. The molecule has 2 aromatic rings. The third kappa shape index (κ3) is 26.0. The first-order valence-electron chi connectivity index (χ1n) is 23.2. The Morgan fingerprint density at radius 2 is 1.00 bits per heavy atom. The lowest BCUT2D eigenvalue weighted by Gasteiger charge is -2.42. The van der Waals surface area contributed by atoms with E-state index in [0.29, 0.717) is 31.6 Å². The maximum Gasteiger partial charge on any atom is 0.184 e. The zero-order valence-electron chi connectivity index (χ0n) is 43.1. The van der Waals surface area contributed by atoms with E-state index >= 15 is 0 Å². The SMILES string of the molecule is C.C=C(O)[C@@H](N)Cc1ccc(OC(C)(C)C)cc1.C=C(OCC)[C@@H](N)Cc1ccc(OC(C)(C)C)cc1.CC(C)(C)OC[C@H]1OC(O)[C@H](O)[C@@H](O)[C@@H]1O.CC[C@H]1OC(O)[C@H](O)[C@@H](OC(C)(C)C)[C@@H]1O. The van der Waals surface area contributed by atoms with E-state index in [4.69, 9.17) is 49.7 Å². The van der Waals surface area contributed by atoms with E-state index < -0.39 is 78.7 Å². The molecule has 17 heteroatoms. The molecule has 0 amide bonds. The summed E-state index contributed by atoms with van der Waals surface area (Å²) in [5, 5.41) is 75.9. The number of hydrogen-bond donors (Lipinski definition) is 10. The molecule has 400 valence electrons. The van der Waals surface area contributed by atoms with Crippen molar-refractivity contribution in [2.75, 3.05) is 13.2 Å². The van der Waals surface area contributed by atoms with Crippen molar-refractivity contribution in [3.63, 3.8) is 0 Å². The van der Waals surface area contributed by atoms with Crippen LogP contribution in [0.25, 0.3) is 0 Å². The number of ether oxygens (including phenoxy) is 7. The van der Waals surface area contributed by atoms with Crippen LogP contribution in [0.5, 0.6) is 11.5 Å². The zero-order valence-corrected chi connectivity index (χ0v) is 43.1. The van der Waals surface area contributed by atoms with Crippen LogP contribution in [0.3, 0.4) is 0 Å². The normalized spacial score (nSPS) is 25.8. The monoisotopic (exact) mass is 985 g/mol. The first-order valence-corrected chi connectivity index (χ1v) is 23.2. The van der Waals surface area contributed by atoms with Gasteiger partial charge in [0.05, 0.1) is 42.6 Å². The molecule has 2 aliphatic rings. The van der Waals surface area contributed by atoms with Gasteiger partial charge in [-0.3, -0.25) is 0 Å². The van der Waals surface area contributed by atoms with Crippen LogP contribution < -0.4 is 20.9 Å². The smallest absolute Gasteiger partial charge is 0.184 e. The zero-order chi connectivity index (χ0) is 52.5. The van der Waals surface area contributed by atoms with Gasteiger partial charge in [-0.15, -0.1) is 0 Å². The molecule has 2 saturated heterocycles.